The van der Waals surface area contributed by atoms with Crippen LogP contribution in [-0.2, 0) is 4.74 Å². The Bertz CT molecular complexity index is 1420. The number of benzene rings is 3. The van der Waals surface area contributed by atoms with Crippen molar-refractivity contribution in [1.29, 1.82) is 0 Å². The summed E-state index contributed by atoms with van der Waals surface area (Å²) >= 11 is 0. The highest BCUT2D eigenvalue weighted by Gasteiger charge is 2.19. The number of aromatic amines is 2. The first kappa shape index (κ1) is 20.5. The first-order chi connectivity index (χ1) is 16.1. The number of ether oxygens (including phenoxy) is 2. The summed E-state index contributed by atoms with van der Waals surface area (Å²) in [6.45, 7) is 0. The number of imidazole rings is 1. The maximum Gasteiger partial charge on any atom is 0.342 e. The van der Waals surface area contributed by atoms with E-state index < -0.39 is 12.1 Å². The molecule has 33 heavy (non-hydrogen) atoms. The molecule has 1 atom stereocenters. The van der Waals surface area contributed by atoms with Crippen molar-refractivity contribution in [3.8, 4) is 22.9 Å². The lowest BCUT2D eigenvalue weighted by atomic mass is 10.1. The molecule has 0 aliphatic rings. The van der Waals surface area contributed by atoms with E-state index >= 15 is 0 Å². The summed E-state index contributed by atoms with van der Waals surface area (Å²) in [7, 11) is 1.34. The molecule has 2 aromatic heterocycles. The Morgan fingerprint density at radius 1 is 1.03 bits per heavy atom. The molecule has 1 unspecified atom stereocenters. The number of fused-ring (bicyclic) bond motifs is 1. The van der Waals surface area contributed by atoms with Crippen molar-refractivity contribution in [3.63, 3.8) is 0 Å². The third-order valence-corrected chi connectivity index (χ3v) is 5.43. The van der Waals surface area contributed by atoms with Gasteiger partial charge < -0.3 is 24.5 Å². The highest BCUT2D eigenvalue weighted by molar-refractivity contribution is 6.06. The van der Waals surface area contributed by atoms with Crippen LogP contribution in [0.25, 0.3) is 22.3 Å². The largest absolute Gasteiger partial charge is 0.465 e. The van der Waals surface area contributed by atoms with E-state index in [1.807, 2.05) is 60.7 Å². The van der Waals surface area contributed by atoms with Crippen LogP contribution in [0, 0.1) is 0 Å². The number of nitrogens with zero attached hydrogens (tertiary/aromatic N) is 1. The fourth-order valence-corrected chi connectivity index (χ4v) is 3.78. The fraction of sp³-hybridized carbons (Fsp3) is 0.0769. The van der Waals surface area contributed by atoms with Gasteiger partial charge in [0.2, 0.25) is 0 Å². The van der Waals surface area contributed by atoms with Crippen LogP contribution in [0.5, 0.6) is 11.5 Å². The number of carbonyl (C=O) groups excluding carboxylic acids is 1. The Hall–Kier alpha value is -4.36. The highest BCUT2D eigenvalue weighted by Crippen LogP contribution is 2.33. The Morgan fingerprint density at radius 3 is 2.70 bits per heavy atom. The lowest BCUT2D eigenvalue weighted by Crippen LogP contribution is -2.04. The molecule has 5 rings (SSSR count). The monoisotopic (exact) mass is 439 g/mol. The Kier molecular flexibility index (Phi) is 5.38. The normalized spacial score (nSPS) is 11.9. The van der Waals surface area contributed by atoms with Gasteiger partial charge in [-0.1, -0.05) is 42.5 Å². The van der Waals surface area contributed by atoms with Gasteiger partial charge in [-0.25, -0.2) is 9.78 Å². The van der Waals surface area contributed by atoms with Crippen molar-refractivity contribution in [2.24, 2.45) is 0 Å². The molecule has 0 saturated carbocycles. The van der Waals surface area contributed by atoms with Crippen molar-refractivity contribution < 1.29 is 19.4 Å². The Balaban J connectivity index is 1.44. The second kappa shape index (κ2) is 8.64. The number of nitrogens with one attached hydrogen (secondary N) is 2. The van der Waals surface area contributed by atoms with Gasteiger partial charge in [0.25, 0.3) is 0 Å². The number of carbonyl (C=O) groups is 1. The predicted molar refractivity (Wildman–Crippen MR) is 124 cm³/mol. The van der Waals surface area contributed by atoms with Crippen molar-refractivity contribution in [1.82, 2.24) is 15.0 Å². The molecule has 0 fully saturated rings. The highest BCUT2D eigenvalue weighted by atomic mass is 16.5. The van der Waals surface area contributed by atoms with Crippen molar-refractivity contribution in [3.05, 3.63) is 102 Å². The number of methoxy groups -OCH3 is 1. The van der Waals surface area contributed by atoms with Gasteiger partial charge in [-0.2, -0.15) is 0 Å². The zero-order valence-electron chi connectivity index (χ0n) is 17.8. The molecular weight excluding hydrogens is 418 g/mol. The summed E-state index contributed by atoms with van der Waals surface area (Å²) < 4.78 is 11.1. The number of hydrogen-bond donors (Lipinski definition) is 3. The van der Waals surface area contributed by atoms with Crippen LogP contribution >= 0.6 is 0 Å². The number of aliphatic hydroxyl groups excluding tert-OH is 1. The molecule has 7 heteroatoms. The summed E-state index contributed by atoms with van der Waals surface area (Å²) in [5.41, 5.74) is 3.32. The summed E-state index contributed by atoms with van der Waals surface area (Å²) in [4.78, 5) is 23.1. The lowest BCUT2D eigenvalue weighted by Gasteiger charge is -2.12. The predicted octanol–water partition coefficient (Wildman–Crippen LogP) is 5.22. The molecule has 0 bridgehead atoms. The van der Waals surface area contributed by atoms with Gasteiger partial charge in [0.1, 0.15) is 29.0 Å². The van der Waals surface area contributed by atoms with Crippen LogP contribution in [0.2, 0.25) is 0 Å². The first-order valence-electron chi connectivity index (χ1n) is 10.4. The van der Waals surface area contributed by atoms with Crippen molar-refractivity contribution >= 4 is 16.9 Å². The topological polar surface area (TPSA) is 100 Å². The van der Waals surface area contributed by atoms with Gasteiger partial charge >= 0.3 is 5.97 Å². The van der Waals surface area contributed by atoms with E-state index in [9.17, 15) is 9.90 Å². The minimum atomic E-state index is -0.803. The van der Waals surface area contributed by atoms with Gasteiger partial charge in [0, 0.05) is 22.7 Å². The van der Waals surface area contributed by atoms with Gasteiger partial charge in [-0.15, -0.1) is 0 Å². The third kappa shape index (κ3) is 3.97. The standard InChI is InChI=1S/C26H21N3O4/c1-32-26(31)23-19-12-13-27-20(19)10-11-22(23)33-18-9-5-8-17(14-18)25-28-15-21(29-25)24(30)16-6-3-2-4-7-16/h2-15,24,27,30H,1H3,(H,28,29). The maximum atomic E-state index is 12.5. The second-order valence-corrected chi connectivity index (χ2v) is 7.50. The number of H-pyrrole nitrogens is 2. The van der Waals surface area contributed by atoms with Gasteiger partial charge in [-0.3, -0.25) is 0 Å². The molecule has 3 aromatic carbocycles. The molecule has 0 aliphatic heterocycles. The van der Waals surface area contributed by atoms with E-state index in [1.54, 1.807) is 24.5 Å². The van der Waals surface area contributed by atoms with Crippen LogP contribution in [0.15, 0.2) is 85.2 Å². The Labute approximate surface area is 189 Å². The maximum absolute atomic E-state index is 12.5. The summed E-state index contributed by atoms with van der Waals surface area (Å²) in [6.07, 6.45) is 2.58. The molecule has 0 aliphatic carbocycles. The average Bonchev–Trinajstić information content (AvgIpc) is 3.54. The smallest absolute Gasteiger partial charge is 0.342 e. The van der Waals surface area contributed by atoms with Crippen LogP contribution in [0.1, 0.15) is 27.7 Å². The van der Waals surface area contributed by atoms with Crippen LogP contribution in [-0.4, -0.2) is 33.1 Å². The Morgan fingerprint density at radius 2 is 1.88 bits per heavy atom. The first-order valence-corrected chi connectivity index (χ1v) is 10.4. The van der Waals surface area contributed by atoms with E-state index in [1.165, 1.54) is 7.11 Å². The van der Waals surface area contributed by atoms with E-state index in [-0.39, 0.29) is 0 Å². The number of esters is 1. The average molecular weight is 439 g/mol. The second-order valence-electron chi connectivity index (χ2n) is 7.50. The minimum absolute atomic E-state index is 0.355. The fourth-order valence-electron chi connectivity index (χ4n) is 3.78. The summed E-state index contributed by atoms with van der Waals surface area (Å²) in [5, 5.41) is 11.4. The van der Waals surface area contributed by atoms with E-state index in [4.69, 9.17) is 9.47 Å². The number of rotatable bonds is 6. The zero-order valence-corrected chi connectivity index (χ0v) is 17.8. The van der Waals surface area contributed by atoms with Crippen LogP contribution in [0.3, 0.4) is 0 Å². The SMILES string of the molecule is COC(=O)c1c(Oc2cccc(-c3ncc(C(O)c4ccccc4)[nH]3)c2)ccc2[nH]ccc12. The van der Waals surface area contributed by atoms with E-state index in [0.717, 1.165) is 22.0 Å². The third-order valence-electron chi connectivity index (χ3n) is 5.43. The zero-order chi connectivity index (χ0) is 22.8. The number of hydrogen-bond acceptors (Lipinski definition) is 5. The van der Waals surface area contributed by atoms with Crippen molar-refractivity contribution in [2.75, 3.05) is 7.11 Å². The molecule has 164 valence electrons. The molecular formula is C26H21N3O4. The van der Waals surface area contributed by atoms with E-state index in [0.29, 0.717) is 28.6 Å². The lowest BCUT2D eigenvalue weighted by molar-refractivity contribution is 0.0600. The summed E-state index contributed by atoms with van der Waals surface area (Å²) in [6, 6.07) is 22.1. The number of aromatic nitrogens is 3. The number of aliphatic hydroxyl groups is 1. The molecule has 2 heterocycles. The molecule has 3 N–H and O–H groups in total. The minimum Gasteiger partial charge on any atom is -0.465 e. The van der Waals surface area contributed by atoms with Gasteiger partial charge in [-0.05, 0) is 35.9 Å². The van der Waals surface area contributed by atoms with Gasteiger partial charge in [0.15, 0.2) is 0 Å². The van der Waals surface area contributed by atoms with Crippen LogP contribution in [0.4, 0.5) is 0 Å². The molecule has 0 spiro atoms. The molecule has 5 aromatic rings. The molecule has 0 amide bonds. The summed E-state index contributed by atoms with van der Waals surface area (Å²) in [5.74, 6) is 1.05. The van der Waals surface area contributed by atoms with Crippen LogP contribution < -0.4 is 4.74 Å². The molecule has 0 saturated heterocycles. The quantitative estimate of drug-likeness (QED) is 0.315. The molecule has 7 nitrogen and oxygen atoms in total. The van der Waals surface area contributed by atoms with Crippen molar-refractivity contribution in [2.45, 2.75) is 6.10 Å². The van der Waals surface area contributed by atoms with Gasteiger partial charge in [0.05, 0.1) is 19.0 Å². The van der Waals surface area contributed by atoms with E-state index in [2.05, 4.69) is 15.0 Å². The molecule has 0 radical (unpaired) electrons.